The van der Waals surface area contributed by atoms with Crippen LogP contribution in [0.25, 0.3) is 11.1 Å². The summed E-state index contributed by atoms with van der Waals surface area (Å²) in [6.07, 6.45) is 1.97. The number of rotatable bonds is 11. The van der Waals surface area contributed by atoms with E-state index in [0.29, 0.717) is 24.6 Å². The van der Waals surface area contributed by atoms with Crippen LogP contribution >= 0.6 is 0 Å². The van der Waals surface area contributed by atoms with Crippen molar-refractivity contribution in [3.05, 3.63) is 77.5 Å². The van der Waals surface area contributed by atoms with Crippen molar-refractivity contribution in [1.29, 1.82) is 5.41 Å². The molecule has 10 nitrogen and oxygen atoms in total. The molecule has 2 fully saturated rings. The summed E-state index contributed by atoms with van der Waals surface area (Å²) in [5.74, 6) is 0.156. The predicted molar refractivity (Wildman–Crippen MR) is 182 cm³/mol. The molecule has 2 aromatic carbocycles. The third kappa shape index (κ3) is 9.61. The first-order valence-corrected chi connectivity index (χ1v) is 16.1. The van der Waals surface area contributed by atoms with Crippen molar-refractivity contribution < 1.29 is 23.8 Å². The van der Waals surface area contributed by atoms with Gasteiger partial charge < -0.3 is 34.7 Å². The number of aromatic nitrogens is 1. The van der Waals surface area contributed by atoms with E-state index >= 15 is 0 Å². The second-order valence-corrected chi connectivity index (χ2v) is 11.8. The van der Waals surface area contributed by atoms with Gasteiger partial charge in [-0.3, -0.25) is 4.79 Å². The Kier molecular flexibility index (Phi) is 13.1. The van der Waals surface area contributed by atoms with Gasteiger partial charge in [0.2, 0.25) is 0 Å². The number of hydrogen-bond acceptors (Lipinski definition) is 10. The van der Waals surface area contributed by atoms with E-state index in [1.54, 1.807) is 13.0 Å². The standard InChI is InChI=1S/C28H39N5O3.C8H8O2/c1-5-36-28(34)24-18-23(20-6-8-22(9-7-20)33-14-16-35-17-15-33)25(26(29)19(2)3)27(31-24)30-21-10-12-32(4)13-11-21;9-7-10-6-8-4-2-1-3-5-8/h6-9,18-19,21,29H,5,10-17H2,1-4H3,(H,30,31);1-5,7H,6H2. The van der Waals surface area contributed by atoms with Crippen molar-refractivity contribution in [2.75, 3.05) is 63.3 Å². The highest BCUT2D eigenvalue weighted by Crippen LogP contribution is 2.34. The number of morpholine rings is 1. The zero-order chi connectivity index (χ0) is 32.9. The summed E-state index contributed by atoms with van der Waals surface area (Å²) < 4.78 is 15.3. The second kappa shape index (κ2) is 17.4. The van der Waals surface area contributed by atoms with Crippen LogP contribution < -0.4 is 10.2 Å². The van der Waals surface area contributed by atoms with Crippen LogP contribution in [0.1, 0.15) is 55.2 Å². The summed E-state index contributed by atoms with van der Waals surface area (Å²) in [5, 5.41) is 12.6. The molecule has 0 unspecified atom stereocenters. The Balaban J connectivity index is 0.000000409. The third-order valence-electron chi connectivity index (χ3n) is 8.13. The van der Waals surface area contributed by atoms with Crippen LogP contribution in [0.4, 0.5) is 11.5 Å². The van der Waals surface area contributed by atoms with Crippen molar-refractivity contribution in [3.63, 3.8) is 0 Å². The fourth-order valence-corrected chi connectivity index (χ4v) is 5.47. The number of nitrogens with zero attached hydrogens (tertiary/aromatic N) is 3. The van der Waals surface area contributed by atoms with Gasteiger partial charge in [-0.1, -0.05) is 56.3 Å². The van der Waals surface area contributed by atoms with Crippen LogP contribution in [0.15, 0.2) is 60.7 Å². The highest BCUT2D eigenvalue weighted by Gasteiger charge is 2.26. The van der Waals surface area contributed by atoms with Crippen LogP contribution in [-0.4, -0.2) is 87.1 Å². The molecule has 0 radical (unpaired) electrons. The summed E-state index contributed by atoms with van der Waals surface area (Å²) in [6.45, 7) is 12.1. The Morgan fingerprint density at radius 2 is 1.74 bits per heavy atom. The average molecular weight is 630 g/mol. The fourth-order valence-electron chi connectivity index (χ4n) is 5.47. The Bertz CT molecular complexity index is 1420. The first-order chi connectivity index (χ1) is 22.3. The van der Waals surface area contributed by atoms with Crippen LogP contribution in [0.2, 0.25) is 0 Å². The summed E-state index contributed by atoms with van der Waals surface area (Å²) in [6, 6.07) is 19.9. The first-order valence-electron chi connectivity index (χ1n) is 16.1. The van der Waals surface area contributed by atoms with Crippen molar-refractivity contribution in [2.45, 2.75) is 46.3 Å². The number of benzene rings is 2. The molecular weight excluding hydrogens is 582 g/mol. The SMILES string of the molecule is CCOC(=O)c1cc(-c2ccc(N3CCOCC3)cc2)c(C(=N)C(C)C)c(NC2CCN(C)CC2)n1.O=COCc1ccccc1. The van der Waals surface area contributed by atoms with E-state index in [1.165, 1.54) is 0 Å². The highest BCUT2D eigenvalue weighted by molar-refractivity contribution is 6.10. The summed E-state index contributed by atoms with van der Waals surface area (Å²) in [4.78, 5) is 31.9. The quantitative estimate of drug-likeness (QED) is 0.158. The number of piperidine rings is 1. The lowest BCUT2D eigenvalue weighted by atomic mass is 9.91. The van der Waals surface area contributed by atoms with Crippen LogP contribution in [0, 0.1) is 11.3 Å². The maximum atomic E-state index is 12.8. The van der Waals surface area contributed by atoms with E-state index in [4.69, 9.17) is 19.9 Å². The molecule has 246 valence electrons. The van der Waals surface area contributed by atoms with E-state index < -0.39 is 5.97 Å². The van der Waals surface area contributed by atoms with Crippen LogP contribution in [-0.2, 0) is 25.6 Å². The molecule has 2 N–H and O–H groups in total. The third-order valence-corrected chi connectivity index (χ3v) is 8.13. The monoisotopic (exact) mass is 629 g/mol. The molecule has 2 aliphatic rings. The van der Waals surface area contributed by atoms with E-state index in [0.717, 1.165) is 80.2 Å². The van der Waals surface area contributed by atoms with Gasteiger partial charge in [-0.15, -0.1) is 0 Å². The van der Waals surface area contributed by atoms with Gasteiger partial charge in [0.15, 0.2) is 5.69 Å². The molecule has 10 heteroatoms. The van der Waals surface area contributed by atoms with Gasteiger partial charge in [0.1, 0.15) is 12.4 Å². The zero-order valence-electron chi connectivity index (χ0n) is 27.5. The maximum absolute atomic E-state index is 12.8. The number of carbonyl (C=O) groups is 2. The molecule has 3 heterocycles. The smallest absolute Gasteiger partial charge is 0.357 e. The van der Waals surface area contributed by atoms with E-state index in [-0.39, 0.29) is 24.3 Å². The molecule has 0 saturated carbocycles. The fraction of sp³-hybridized carbons (Fsp3) is 0.444. The van der Waals surface area contributed by atoms with Crippen molar-refractivity contribution in [2.24, 2.45) is 5.92 Å². The van der Waals surface area contributed by atoms with Gasteiger partial charge >= 0.3 is 5.97 Å². The van der Waals surface area contributed by atoms with Crippen molar-refractivity contribution in [3.8, 4) is 11.1 Å². The molecule has 0 bridgehead atoms. The molecule has 0 atom stereocenters. The van der Waals surface area contributed by atoms with Crippen molar-refractivity contribution >= 4 is 29.7 Å². The molecule has 0 spiro atoms. The molecule has 2 aliphatic heterocycles. The first kappa shape index (κ1) is 34.6. The topological polar surface area (TPSA) is 117 Å². The lowest BCUT2D eigenvalue weighted by molar-refractivity contribution is -0.129. The minimum Gasteiger partial charge on any atom is -0.463 e. The molecule has 2 saturated heterocycles. The molecular formula is C36H47N5O5. The van der Waals surface area contributed by atoms with E-state index in [1.807, 2.05) is 44.2 Å². The number of ether oxygens (including phenoxy) is 3. The van der Waals surface area contributed by atoms with Gasteiger partial charge in [0.25, 0.3) is 6.47 Å². The minimum absolute atomic E-state index is 0.00431. The molecule has 0 aliphatic carbocycles. The Morgan fingerprint density at radius 3 is 2.35 bits per heavy atom. The zero-order valence-corrected chi connectivity index (χ0v) is 27.5. The summed E-state index contributed by atoms with van der Waals surface area (Å²) in [5.41, 5.74) is 5.46. The lowest BCUT2D eigenvalue weighted by Crippen LogP contribution is -2.37. The summed E-state index contributed by atoms with van der Waals surface area (Å²) >= 11 is 0. The minimum atomic E-state index is -0.447. The van der Waals surface area contributed by atoms with Gasteiger partial charge in [0.05, 0.1) is 19.8 Å². The Labute approximate surface area is 272 Å². The van der Waals surface area contributed by atoms with Gasteiger partial charge in [-0.05, 0) is 80.7 Å². The average Bonchev–Trinajstić information content (AvgIpc) is 3.09. The Morgan fingerprint density at radius 1 is 1.07 bits per heavy atom. The molecule has 1 aromatic heterocycles. The number of anilines is 2. The molecule has 3 aromatic rings. The highest BCUT2D eigenvalue weighted by atomic mass is 16.5. The lowest BCUT2D eigenvalue weighted by Gasteiger charge is -2.31. The van der Waals surface area contributed by atoms with Crippen LogP contribution in [0.3, 0.4) is 0 Å². The van der Waals surface area contributed by atoms with Gasteiger partial charge in [0, 0.05) is 36.1 Å². The summed E-state index contributed by atoms with van der Waals surface area (Å²) in [7, 11) is 2.13. The van der Waals surface area contributed by atoms with Crippen LogP contribution in [0.5, 0.6) is 0 Å². The van der Waals surface area contributed by atoms with Gasteiger partial charge in [-0.2, -0.15) is 0 Å². The van der Waals surface area contributed by atoms with E-state index in [9.17, 15) is 9.59 Å². The predicted octanol–water partition coefficient (Wildman–Crippen LogP) is 5.65. The molecule has 5 rings (SSSR count). The number of nitrogens with one attached hydrogen (secondary N) is 2. The number of carbonyl (C=O) groups excluding carboxylic acids is 2. The van der Waals surface area contributed by atoms with Gasteiger partial charge in [-0.25, -0.2) is 9.78 Å². The number of likely N-dealkylation sites (tertiary alicyclic amines) is 1. The normalized spacial score (nSPS) is 15.5. The van der Waals surface area contributed by atoms with Crippen molar-refractivity contribution in [1.82, 2.24) is 9.88 Å². The second-order valence-electron chi connectivity index (χ2n) is 11.8. The number of hydrogen-bond donors (Lipinski definition) is 2. The molecule has 46 heavy (non-hydrogen) atoms. The number of pyridine rings is 1. The Hall–Kier alpha value is -4.28. The number of esters is 1. The molecule has 0 amide bonds. The largest absolute Gasteiger partial charge is 0.463 e. The maximum Gasteiger partial charge on any atom is 0.357 e. The van der Waals surface area contributed by atoms with E-state index in [2.05, 4.69) is 51.2 Å².